The molecule has 1 saturated heterocycles. The molecule has 1 amide bonds. The molecule has 3 atom stereocenters. The van der Waals surface area contributed by atoms with E-state index >= 15 is 0 Å². The lowest BCUT2D eigenvalue weighted by molar-refractivity contribution is -0.119. The molecule has 7 heteroatoms. The highest BCUT2D eigenvalue weighted by Crippen LogP contribution is 2.54. The zero-order valence-corrected chi connectivity index (χ0v) is 12.5. The molecule has 19 heavy (non-hydrogen) atoms. The van der Waals surface area contributed by atoms with E-state index in [2.05, 4.69) is 33.2 Å². The maximum absolute atomic E-state index is 13.3. The van der Waals surface area contributed by atoms with Crippen LogP contribution in [0.15, 0.2) is 16.7 Å². The lowest BCUT2D eigenvalue weighted by Gasteiger charge is -2.19. The van der Waals surface area contributed by atoms with Crippen molar-refractivity contribution < 1.29 is 9.18 Å². The fourth-order valence-electron chi connectivity index (χ4n) is 2.62. The molecule has 2 fully saturated rings. The minimum absolute atomic E-state index is 0.0890. The van der Waals surface area contributed by atoms with Crippen molar-refractivity contribution in [3.8, 4) is 0 Å². The van der Waals surface area contributed by atoms with Gasteiger partial charge < -0.3 is 5.32 Å². The van der Waals surface area contributed by atoms with Gasteiger partial charge in [-0.25, -0.2) is 13.8 Å². The van der Waals surface area contributed by atoms with Gasteiger partial charge in [0.1, 0.15) is 10.4 Å². The molecule has 1 saturated carbocycles. The van der Waals surface area contributed by atoms with Crippen molar-refractivity contribution in [1.29, 1.82) is 0 Å². The van der Waals surface area contributed by atoms with Gasteiger partial charge in [0.05, 0.1) is 6.04 Å². The van der Waals surface area contributed by atoms with Crippen LogP contribution in [0.4, 0.5) is 10.2 Å². The number of pyridine rings is 1. The van der Waals surface area contributed by atoms with Crippen molar-refractivity contribution in [1.82, 2.24) is 10.3 Å². The Hall–Kier alpha value is -0.720. The number of hydrogen-bond acceptors (Lipinski definition) is 3. The monoisotopic (exact) mass is 347 g/mol. The first-order chi connectivity index (χ1) is 8.89. The van der Waals surface area contributed by atoms with Gasteiger partial charge >= 0.3 is 0 Å². The van der Waals surface area contributed by atoms with Gasteiger partial charge in [-0.2, -0.15) is 0 Å². The molecular formula is C12H12BrClFN3O. The summed E-state index contributed by atoms with van der Waals surface area (Å²) in [5.74, 6) is -0.698. The van der Waals surface area contributed by atoms with Crippen LogP contribution >= 0.6 is 27.7 Å². The number of nitrogens with one attached hydrogen (secondary N) is 1. The summed E-state index contributed by atoms with van der Waals surface area (Å²) in [5.41, 5.74) is 0.216. The number of aromatic nitrogens is 1. The van der Waals surface area contributed by atoms with Gasteiger partial charge in [-0.3, -0.25) is 4.79 Å². The third-order valence-electron chi connectivity index (χ3n) is 3.86. The zero-order chi connectivity index (χ0) is 13.8. The van der Waals surface area contributed by atoms with Gasteiger partial charge in [0.2, 0.25) is 0 Å². The van der Waals surface area contributed by atoms with E-state index in [4.69, 9.17) is 11.8 Å². The normalized spacial score (nSPS) is 32.0. The van der Waals surface area contributed by atoms with Crippen LogP contribution in [0, 0.1) is 11.2 Å². The number of halogens is 3. The summed E-state index contributed by atoms with van der Waals surface area (Å²) in [5, 5.41) is 3.24. The quantitative estimate of drug-likeness (QED) is 0.660. The van der Waals surface area contributed by atoms with E-state index in [1.807, 2.05) is 0 Å². The molecule has 102 valence electrons. The molecule has 1 N–H and O–H groups in total. The summed E-state index contributed by atoms with van der Waals surface area (Å²) in [6, 6.07) is 2.43. The van der Waals surface area contributed by atoms with Crippen LogP contribution in [0.5, 0.6) is 0 Å². The Kier molecular flexibility index (Phi) is 3.07. The van der Waals surface area contributed by atoms with Gasteiger partial charge in [0.25, 0.3) is 5.91 Å². The third kappa shape index (κ3) is 2.37. The zero-order valence-electron chi connectivity index (χ0n) is 10.2. The van der Waals surface area contributed by atoms with Crippen molar-refractivity contribution >= 4 is 39.4 Å². The summed E-state index contributed by atoms with van der Waals surface area (Å²) in [7, 11) is 0. The Morgan fingerprint density at radius 2 is 2.37 bits per heavy atom. The number of carbonyl (C=O) groups excluding carboxylic acids is 1. The number of nitrogens with zero attached hydrogens (tertiary/aromatic N) is 2. The minimum Gasteiger partial charge on any atom is -0.302 e. The van der Waals surface area contributed by atoms with Crippen LogP contribution in [-0.4, -0.2) is 23.0 Å². The van der Waals surface area contributed by atoms with E-state index in [0.717, 1.165) is 23.3 Å². The Balaban J connectivity index is 1.76. The molecule has 1 aromatic heterocycles. The number of fused-ring (bicyclic) bond motifs is 1. The van der Waals surface area contributed by atoms with E-state index < -0.39 is 5.82 Å². The summed E-state index contributed by atoms with van der Waals surface area (Å²) in [6.07, 6.45) is 1.86. The highest BCUT2D eigenvalue weighted by atomic mass is 79.9. The number of hydrogen-bond donors (Lipinski definition) is 1. The Morgan fingerprint density at radius 1 is 1.63 bits per heavy atom. The molecule has 0 radical (unpaired) electrons. The van der Waals surface area contributed by atoms with Gasteiger partial charge in [-0.05, 0) is 34.2 Å². The largest absolute Gasteiger partial charge is 0.302 e. The lowest BCUT2D eigenvalue weighted by Crippen LogP contribution is -2.41. The molecule has 0 aromatic carbocycles. The SMILES string of the molecule is C[C@@]12C[C@@H](C(=O)N(Cl)c3cc(F)cc(Br)n3)N[C@@H]1C2. The van der Waals surface area contributed by atoms with Crippen LogP contribution in [-0.2, 0) is 4.79 Å². The summed E-state index contributed by atoms with van der Waals surface area (Å²) in [4.78, 5) is 16.2. The van der Waals surface area contributed by atoms with Crippen molar-refractivity contribution in [2.45, 2.75) is 31.8 Å². The number of rotatable bonds is 2. The van der Waals surface area contributed by atoms with Crippen molar-refractivity contribution in [2.75, 3.05) is 4.42 Å². The molecule has 1 aromatic rings. The standard InChI is InChI=1S/C12H12BrClFN3O/c1-12-4-7(16-8(12)5-12)11(19)18(14)10-3-6(15)2-9(13)17-10/h2-3,7-8,16H,4-5H2,1H3/t7-,8+,12-/m0/s1. The molecule has 0 bridgehead atoms. The molecule has 4 nitrogen and oxygen atoms in total. The number of piperidine rings is 1. The number of anilines is 1. The first kappa shape index (κ1) is 13.3. The first-order valence-electron chi connectivity index (χ1n) is 5.98. The second-order valence-corrected chi connectivity index (χ2v) is 6.57. The maximum atomic E-state index is 13.3. The van der Waals surface area contributed by atoms with Crippen molar-refractivity contribution in [2.24, 2.45) is 5.41 Å². The Bertz CT molecular complexity index is 538. The van der Waals surface area contributed by atoms with Crippen LogP contribution in [0.2, 0.25) is 0 Å². The second kappa shape index (κ2) is 4.40. The fraction of sp³-hybridized carbons (Fsp3) is 0.500. The minimum atomic E-state index is -0.496. The average molecular weight is 349 g/mol. The van der Waals surface area contributed by atoms with Gasteiger partial charge in [-0.15, -0.1) is 0 Å². The molecular weight excluding hydrogens is 337 g/mol. The summed E-state index contributed by atoms with van der Waals surface area (Å²) in [6.45, 7) is 2.15. The summed E-state index contributed by atoms with van der Waals surface area (Å²) >= 11 is 9.06. The predicted molar refractivity (Wildman–Crippen MR) is 73.3 cm³/mol. The Morgan fingerprint density at radius 3 is 2.95 bits per heavy atom. The smallest absolute Gasteiger partial charge is 0.260 e. The predicted octanol–water partition coefficient (Wildman–Crippen LogP) is 2.61. The van der Waals surface area contributed by atoms with Crippen molar-refractivity contribution in [3.63, 3.8) is 0 Å². The van der Waals surface area contributed by atoms with Crippen LogP contribution in [0.25, 0.3) is 0 Å². The molecule has 2 aliphatic rings. The fourth-order valence-corrected chi connectivity index (χ4v) is 3.23. The molecule has 0 unspecified atom stereocenters. The topological polar surface area (TPSA) is 45.2 Å². The highest BCUT2D eigenvalue weighted by molar-refractivity contribution is 9.10. The van der Waals surface area contributed by atoms with E-state index in [1.165, 1.54) is 6.07 Å². The first-order valence-corrected chi connectivity index (χ1v) is 7.11. The lowest BCUT2D eigenvalue weighted by atomic mass is 10.0. The van der Waals surface area contributed by atoms with E-state index in [-0.39, 0.29) is 23.2 Å². The molecule has 3 rings (SSSR count). The van der Waals surface area contributed by atoms with Gasteiger partial charge in [0, 0.05) is 30.0 Å². The van der Waals surface area contributed by atoms with E-state index in [9.17, 15) is 9.18 Å². The summed E-state index contributed by atoms with van der Waals surface area (Å²) < 4.78 is 14.5. The number of carbonyl (C=O) groups is 1. The molecule has 0 spiro atoms. The van der Waals surface area contributed by atoms with Crippen LogP contribution < -0.4 is 9.74 Å². The average Bonchev–Trinajstić information content (AvgIpc) is 2.84. The van der Waals surface area contributed by atoms with Crippen LogP contribution in [0.3, 0.4) is 0 Å². The molecule has 1 aliphatic heterocycles. The highest BCUT2D eigenvalue weighted by Gasteiger charge is 2.58. The molecule has 1 aliphatic carbocycles. The maximum Gasteiger partial charge on any atom is 0.260 e. The Labute approximate surface area is 123 Å². The third-order valence-corrected chi connectivity index (χ3v) is 4.61. The van der Waals surface area contributed by atoms with E-state index in [1.54, 1.807) is 0 Å². The number of amides is 1. The van der Waals surface area contributed by atoms with E-state index in [0.29, 0.717) is 10.6 Å². The van der Waals surface area contributed by atoms with Gasteiger partial charge in [-0.1, -0.05) is 6.92 Å². The van der Waals surface area contributed by atoms with Crippen LogP contribution in [0.1, 0.15) is 19.8 Å². The van der Waals surface area contributed by atoms with Crippen molar-refractivity contribution in [3.05, 3.63) is 22.6 Å². The second-order valence-electron chi connectivity index (χ2n) is 5.42. The van der Waals surface area contributed by atoms with Gasteiger partial charge in [0.15, 0.2) is 5.82 Å². The molecule has 2 heterocycles.